The maximum atomic E-state index is 13.9. The van der Waals surface area contributed by atoms with Crippen LogP contribution in [0.15, 0.2) is 96.2 Å². The number of amides is 1. The second-order valence-electron chi connectivity index (χ2n) is 9.47. The highest BCUT2D eigenvalue weighted by Gasteiger charge is 2.54. The summed E-state index contributed by atoms with van der Waals surface area (Å²) in [5, 5.41) is 2.83. The van der Waals surface area contributed by atoms with Gasteiger partial charge in [0.05, 0.1) is 11.0 Å². The highest BCUT2D eigenvalue weighted by Crippen LogP contribution is 2.42. The Bertz CT molecular complexity index is 1530. The van der Waals surface area contributed by atoms with Gasteiger partial charge in [-0.15, -0.1) is 11.8 Å². The van der Waals surface area contributed by atoms with E-state index in [1.807, 2.05) is 84.9 Å². The Hall–Kier alpha value is -4.57. The summed E-state index contributed by atoms with van der Waals surface area (Å²) < 4.78 is 11.4. The number of aromatic nitrogens is 2. The van der Waals surface area contributed by atoms with Gasteiger partial charge in [-0.3, -0.25) is 14.5 Å². The summed E-state index contributed by atoms with van der Waals surface area (Å²) >= 11 is 1.49. The van der Waals surface area contributed by atoms with Crippen molar-refractivity contribution in [3.05, 3.63) is 107 Å². The Kier molecular flexibility index (Phi) is 7.00. The number of thioether (sulfide) groups is 1. The lowest BCUT2D eigenvalue weighted by Crippen LogP contribution is -2.68. The number of imidazole rings is 1. The number of anilines is 1. The molecule has 10 heteroatoms. The zero-order valence-electron chi connectivity index (χ0n) is 21.6. The number of hydrogen-bond acceptors (Lipinski definition) is 8. The minimum Gasteiger partial charge on any atom is -0.461 e. The smallest absolute Gasteiger partial charge is 0.356 e. The van der Waals surface area contributed by atoms with Gasteiger partial charge in [0.25, 0.3) is 5.91 Å². The zero-order valence-corrected chi connectivity index (χ0v) is 22.4. The third-order valence-electron chi connectivity index (χ3n) is 6.80. The number of H-pyrrole nitrogens is 1. The molecule has 0 bridgehead atoms. The van der Waals surface area contributed by atoms with Crippen molar-refractivity contribution in [2.24, 2.45) is 0 Å². The molecule has 9 nitrogen and oxygen atoms in total. The summed E-state index contributed by atoms with van der Waals surface area (Å²) in [4.78, 5) is 48.1. The zero-order chi connectivity index (χ0) is 27.6. The topological polar surface area (TPSA) is 114 Å². The number of nitrogens with one attached hydrogen (secondary N) is 2. The molecular weight excluding hydrogens is 528 g/mol. The maximum absolute atomic E-state index is 13.9. The van der Waals surface area contributed by atoms with E-state index in [4.69, 9.17) is 9.47 Å². The van der Waals surface area contributed by atoms with E-state index >= 15 is 0 Å². The Morgan fingerprint density at radius 2 is 1.68 bits per heavy atom. The van der Waals surface area contributed by atoms with Crippen LogP contribution in [0.1, 0.15) is 24.2 Å². The lowest BCUT2D eigenvalue weighted by atomic mass is 10.0. The van der Waals surface area contributed by atoms with Crippen LogP contribution in [0.3, 0.4) is 0 Å². The molecule has 202 valence electrons. The molecule has 2 N–H and O–H groups in total. The number of ether oxygens (including phenoxy) is 2. The van der Waals surface area contributed by atoms with Gasteiger partial charge in [-0.25, -0.2) is 9.78 Å². The molecule has 1 fully saturated rings. The monoisotopic (exact) mass is 554 g/mol. The number of para-hydroxylation sites is 2. The number of carbonyl (C=O) groups excluding carboxylic acids is 3. The van der Waals surface area contributed by atoms with E-state index in [1.165, 1.54) is 23.6 Å². The van der Waals surface area contributed by atoms with Crippen molar-refractivity contribution in [3.63, 3.8) is 0 Å². The Labute approximate surface area is 234 Å². The maximum Gasteiger partial charge on any atom is 0.356 e. The van der Waals surface area contributed by atoms with Crippen molar-refractivity contribution >= 4 is 46.6 Å². The molecule has 1 amide bonds. The minimum absolute atomic E-state index is 0.105. The third kappa shape index (κ3) is 4.93. The Morgan fingerprint density at radius 3 is 2.33 bits per heavy atom. The largest absolute Gasteiger partial charge is 0.461 e. The molecule has 0 spiro atoms. The molecule has 3 aromatic carbocycles. The van der Waals surface area contributed by atoms with Gasteiger partial charge >= 0.3 is 11.9 Å². The molecule has 0 aliphatic carbocycles. The molecule has 3 heterocycles. The van der Waals surface area contributed by atoms with Crippen LogP contribution in [-0.4, -0.2) is 56.5 Å². The summed E-state index contributed by atoms with van der Waals surface area (Å²) in [7, 11) is 0. The summed E-state index contributed by atoms with van der Waals surface area (Å²) in [5.74, 6) is -0.544. The van der Waals surface area contributed by atoms with E-state index in [0.29, 0.717) is 17.3 Å². The highest BCUT2D eigenvalue weighted by molar-refractivity contribution is 8.00. The molecule has 1 saturated heterocycles. The van der Waals surface area contributed by atoms with Gasteiger partial charge in [0.1, 0.15) is 23.7 Å². The number of fused-ring (bicyclic) bond motifs is 2. The first-order chi connectivity index (χ1) is 19.5. The summed E-state index contributed by atoms with van der Waals surface area (Å²) in [6.07, 6.45) is -0.689. The van der Waals surface area contributed by atoms with Gasteiger partial charge in [-0.1, -0.05) is 72.8 Å². The van der Waals surface area contributed by atoms with Crippen molar-refractivity contribution in [3.8, 4) is 0 Å². The van der Waals surface area contributed by atoms with Crippen LogP contribution in [0, 0.1) is 0 Å². The fourth-order valence-corrected chi connectivity index (χ4v) is 6.21. The summed E-state index contributed by atoms with van der Waals surface area (Å²) in [6.45, 7) is 1.20. The van der Waals surface area contributed by atoms with Crippen LogP contribution in [0.5, 0.6) is 0 Å². The van der Waals surface area contributed by atoms with E-state index in [-0.39, 0.29) is 23.6 Å². The molecule has 4 aromatic rings. The normalized spacial score (nSPS) is 18.4. The Balaban J connectivity index is 1.29. The molecule has 40 heavy (non-hydrogen) atoms. The molecule has 0 saturated carbocycles. The molecule has 2 aliphatic rings. The first kappa shape index (κ1) is 25.7. The second-order valence-corrected chi connectivity index (χ2v) is 10.6. The Morgan fingerprint density at radius 1 is 1.02 bits per heavy atom. The number of esters is 2. The number of carbonyl (C=O) groups is 3. The van der Waals surface area contributed by atoms with E-state index in [1.54, 1.807) is 0 Å². The number of hydrogen-bond donors (Lipinski definition) is 2. The van der Waals surface area contributed by atoms with Crippen LogP contribution in [-0.2, 0) is 23.9 Å². The lowest BCUT2D eigenvalue weighted by Gasteiger charge is -2.49. The standard InChI is InChI=1S/C30H26N4O5S/c1-18(35)38-16-21-17-40-28-24(33-30-31-22-14-8-9-15-23(22)32-30)27(36)34(28)25(21)29(37)39-26(19-10-4-2-5-11-19)20-12-6-3-7-13-20/h2-15,24,26,28H,16-17H2,1H3,(H2,31,32,33)/t24?,28-/m0/s1. The molecule has 2 aliphatic heterocycles. The van der Waals surface area contributed by atoms with E-state index in [9.17, 15) is 14.4 Å². The van der Waals surface area contributed by atoms with Gasteiger partial charge in [0.15, 0.2) is 6.10 Å². The van der Waals surface area contributed by atoms with Gasteiger partial charge in [0, 0.05) is 18.2 Å². The van der Waals surface area contributed by atoms with Crippen LogP contribution in [0.4, 0.5) is 5.95 Å². The minimum atomic E-state index is -0.689. The molecule has 2 atom stereocenters. The van der Waals surface area contributed by atoms with Crippen LogP contribution >= 0.6 is 11.8 Å². The van der Waals surface area contributed by atoms with Crippen molar-refractivity contribution in [2.45, 2.75) is 24.4 Å². The fraction of sp³-hybridized carbons (Fsp3) is 0.200. The second kappa shape index (κ2) is 10.9. The molecular formula is C30H26N4O5S. The predicted molar refractivity (Wildman–Crippen MR) is 151 cm³/mol. The van der Waals surface area contributed by atoms with Gasteiger partial charge in [-0.05, 0) is 23.3 Å². The van der Waals surface area contributed by atoms with Crippen molar-refractivity contribution in [1.82, 2.24) is 14.9 Å². The summed E-state index contributed by atoms with van der Waals surface area (Å²) in [6, 6.07) is 25.9. The average Bonchev–Trinajstić information content (AvgIpc) is 3.40. The first-order valence-corrected chi connectivity index (χ1v) is 13.9. The predicted octanol–water partition coefficient (Wildman–Crippen LogP) is 4.41. The van der Waals surface area contributed by atoms with E-state index in [2.05, 4.69) is 15.3 Å². The van der Waals surface area contributed by atoms with Crippen LogP contribution in [0.2, 0.25) is 0 Å². The molecule has 0 radical (unpaired) electrons. The molecule has 6 rings (SSSR count). The van der Waals surface area contributed by atoms with Crippen molar-refractivity contribution in [2.75, 3.05) is 17.7 Å². The highest BCUT2D eigenvalue weighted by atomic mass is 32.2. The van der Waals surface area contributed by atoms with Gasteiger partial charge in [0.2, 0.25) is 5.95 Å². The van der Waals surface area contributed by atoms with Crippen molar-refractivity contribution < 1.29 is 23.9 Å². The quantitative estimate of drug-likeness (QED) is 0.243. The number of aromatic amines is 1. The lowest BCUT2D eigenvalue weighted by molar-refractivity contribution is -0.152. The number of β-lactam (4-membered cyclic amide) rings is 1. The van der Waals surface area contributed by atoms with Gasteiger partial charge < -0.3 is 19.8 Å². The van der Waals surface area contributed by atoms with Crippen LogP contribution < -0.4 is 5.32 Å². The van der Waals surface area contributed by atoms with E-state index in [0.717, 1.165) is 22.2 Å². The fourth-order valence-electron chi connectivity index (χ4n) is 4.89. The number of nitrogens with zero attached hydrogens (tertiary/aromatic N) is 2. The number of benzene rings is 3. The molecule has 1 unspecified atom stereocenters. The molecule has 1 aromatic heterocycles. The first-order valence-electron chi connectivity index (χ1n) is 12.8. The third-order valence-corrected chi connectivity index (χ3v) is 8.14. The number of rotatable bonds is 8. The SMILES string of the molecule is CC(=O)OCC1=C(C(=O)OC(c2ccccc2)c2ccccc2)N2C(=O)C(Nc3nc4ccccc4[nH]3)[C@@H]2SC1. The van der Waals surface area contributed by atoms with Gasteiger partial charge in [-0.2, -0.15) is 0 Å². The van der Waals surface area contributed by atoms with Crippen LogP contribution in [0.25, 0.3) is 11.0 Å². The summed E-state index contributed by atoms with van der Waals surface area (Å²) in [5.41, 5.74) is 3.87. The average molecular weight is 555 g/mol. The van der Waals surface area contributed by atoms with Crippen molar-refractivity contribution in [1.29, 1.82) is 0 Å². The van der Waals surface area contributed by atoms with E-state index < -0.39 is 24.1 Å².